The highest BCUT2D eigenvalue weighted by Crippen LogP contribution is 2.33. The van der Waals surface area contributed by atoms with Crippen LogP contribution in [-0.4, -0.2) is 45.0 Å². The van der Waals surface area contributed by atoms with Crippen molar-refractivity contribution in [2.75, 3.05) is 24.5 Å². The molecule has 7 nitrogen and oxygen atoms in total. The van der Waals surface area contributed by atoms with E-state index in [9.17, 15) is 0 Å². The van der Waals surface area contributed by atoms with E-state index in [1.165, 1.54) is 6.42 Å². The van der Waals surface area contributed by atoms with E-state index < -0.39 is 0 Å². The molecule has 3 aromatic rings. The maximum absolute atomic E-state index is 6.23. The van der Waals surface area contributed by atoms with Gasteiger partial charge in [0.2, 0.25) is 5.95 Å². The Hall–Kier alpha value is -2.22. The number of anilines is 1. The number of hydrazine groups is 1. The number of halogens is 1. The van der Waals surface area contributed by atoms with Crippen molar-refractivity contribution < 1.29 is 0 Å². The molecule has 2 N–H and O–H groups in total. The highest BCUT2D eigenvalue weighted by atomic mass is 35.5. The van der Waals surface area contributed by atoms with E-state index in [0.717, 1.165) is 48.3 Å². The van der Waals surface area contributed by atoms with E-state index >= 15 is 0 Å². The molecule has 158 valence electrons. The summed E-state index contributed by atoms with van der Waals surface area (Å²) in [5.74, 6) is 2.66. The molecule has 0 aliphatic carbocycles. The summed E-state index contributed by atoms with van der Waals surface area (Å²) in [5.41, 5.74) is 10.3. The van der Waals surface area contributed by atoms with Crippen molar-refractivity contribution in [1.82, 2.24) is 30.2 Å². The highest BCUT2D eigenvalue weighted by Gasteiger charge is 2.36. The van der Waals surface area contributed by atoms with Gasteiger partial charge in [-0.2, -0.15) is 0 Å². The van der Waals surface area contributed by atoms with Crippen molar-refractivity contribution in [3.8, 4) is 11.4 Å². The first-order valence-electron chi connectivity index (χ1n) is 10.7. The van der Waals surface area contributed by atoms with Gasteiger partial charge in [-0.1, -0.05) is 18.5 Å². The zero-order valence-electron chi connectivity index (χ0n) is 17.6. The first-order chi connectivity index (χ1) is 14.5. The molecule has 8 heteroatoms. The molecule has 2 fully saturated rings. The Morgan fingerprint density at radius 1 is 1.17 bits per heavy atom. The lowest BCUT2D eigenvalue weighted by atomic mass is 9.79. The van der Waals surface area contributed by atoms with E-state index in [1.807, 2.05) is 41.9 Å². The zero-order valence-corrected chi connectivity index (χ0v) is 18.4. The van der Waals surface area contributed by atoms with Gasteiger partial charge >= 0.3 is 0 Å². The van der Waals surface area contributed by atoms with Crippen LogP contribution in [0.5, 0.6) is 0 Å². The Kier molecular flexibility index (Phi) is 5.13. The van der Waals surface area contributed by atoms with Gasteiger partial charge in [0.25, 0.3) is 0 Å². The zero-order chi connectivity index (χ0) is 20.8. The van der Waals surface area contributed by atoms with Gasteiger partial charge in [-0.25, -0.2) is 15.0 Å². The summed E-state index contributed by atoms with van der Waals surface area (Å²) in [6.45, 7) is 9.64. The van der Waals surface area contributed by atoms with Crippen LogP contribution in [0.3, 0.4) is 0 Å². The molecule has 2 aliphatic rings. The van der Waals surface area contributed by atoms with Crippen LogP contribution in [0.2, 0.25) is 5.02 Å². The molecule has 0 bridgehead atoms. The molecule has 30 heavy (non-hydrogen) atoms. The molecular weight excluding hydrogens is 398 g/mol. The number of piperidine rings is 1. The average Bonchev–Trinajstić information content (AvgIpc) is 3.32. The van der Waals surface area contributed by atoms with Crippen molar-refractivity contribution >= 4 is 23.2 Å². The van der Waals surface area contributed by atoms with E-state index in [0.29, 0.717) is 28.8 Å². The van der Waals surface area contributed by atoms with E-state index in [2.05, 4.69) is 34.6 Å². The lowest BCUT2D eigenvalue weighted by Crippen LogP contribution is -2.45. The lowest BCUT2D eigenvalue weighted by Gasteiger charge is -2.40. The molecule has 5 rings (SSSR count). The maximum Gasteiger partial charge on any atom is 0.226 e. The molecule has 0 spiro atoms. The summed E-state index contributed by atoms with van der Waals surface area (Å²) in [6, 6.07) is 6.28. The van der Waals surface area contributed by atoms with Crippen LogP contribution in [0.1, 0.15) is 26.0 Å². The fourth-order valence-electron chi connectivity index (χ4n) is 5.04. The third-order valence-electron chi connectivity index (χ3n) is 6.46. The minimum Gasteiger partial charge on any atom is -0.340 e. The van der Waals surface area contributed by atoms with Crippen molar-refractivity contribution in [2.45, 2.75) is 33.2 Å². The van der Waals surface area contributed by atoms with Crippen molar-refractivity contribution in [1.29, 1.82) is 0 Å². The number of fused-ring (bicyclic) bond motifs is 1. The van der Waals surface area contributed by atoms with Crippen LogP contribution in [0.25, 0.3) is 17.0 Å². The predicted octanol–water partition coefficient (Wildman–Crippen LogP) is 3.33. The van der Waals surface area contributed by atoms with Gasteiger partial charge < -0.3 is 4.90 Å². The van der Waals surface area contributed by atoms with Crippen molar-refractivity contribution in [2.24, 2.45) is 17.8 Å². The smallest absolute Gasteiger partial charge is 0.226 e. The first kappa shape index (κ1) is 19.7. The molecule has 0 radical (unpaired) electrons. The van der Waals surface area contributed by atoms with E-state index in [4.69, 9.17) is 21.6 Å². The predicted molar refractivity (Wildman–Crippen MR) is 120 cm³/mol. The number of aryl methyl sites for hydroxylation is 1. The van der Waals surface area contributed by atoms with Gasteiger partial charge in [-0.3, -0.25) is 15.3 Å². The minimum atomic E-state index is 0.485. The van der Waals surface area contributed by atoms with Crippen molar-refractivity contribution in [3.63, 3.8) is 0 Å². The van der Waals surface area contributed by atoms with Crippen LogP contribution >= 0.6 is 11.6 Å². The Balaban J connectivity index is 1.49. The summed E-state index contributed by atoms with van der Waals surface area (Å²) in [7, 11) is 0. The van der Waals surface area contributed by atoms with Crippen LogP contribution < -0.4 is 15.8 Å². The molecule has 2 unspecified atom stereocenters. The average molecular weight is 426 g/mol. The summed E-state index contributed by atoms with van der Waals surface area (Å²) in [4.78, 5) is 16.7. The lowest BCUT2D eigenvalue weighted by molar-refractivity contribution is 0.238. The van der Waals surface area contributed by atoms with Crippen LogP contribution in [-0.2, 0) is 0 Å². The molecule has 0 saturated carbocycles. The van der Waals surface area contributed by atoms with E-state index in [-0.39, 0.29) is 0 Å². The SMILES string of the molecule is Cc1cc(-c2cnc3ccc(Cl)cn23)nc(N2C[C@H](C)C[C@@H](C3CNNC3C)C2)n1. The largest absolute Gasteiger partial charge is 0.340 e. The third kappa shape index (κ3) is 3.66. The fourth-order valence-corrected chi connectivity index (χ4v) is 5.20. The standard InChI is InChI=1S/C22H28ClN7/c1-13-6-16(18-8-25-28-15(18)3)11-29(10-13)22-26-14(2)7-19(27-22)20-9-24-21-5-4-17(23)12-30(20)21/h4-5,7,9,12-13,15-16,18,25,28H,6,8,10-11H2,1-3H3/t13-,15?,16-,18?/m1/s1. The Bertz CT molecular complexity index is 1060. The molecule has 3 aromatic heterocycles. The van der Waals surface area contributed by atoms with Crippen molar-refractivity contribution in [3.05, 3.63) is 41.3 Å². The number of pyridine rings is 1. The first-order valence-corrected chi connectivity index (χ1v) is 11.1. The second-order valence-electron chi connectivity index (χ2n) is 8.90. The number of nitrogens with zero attached hydrogens (tertiary/aromatic N) is 5. The van der Waals surface area contributed by atoms with Gasteiger partial charge in [0, 0.05) is 37.6 Å². The Morgan fingerprint density at radius 2 is 2.03 bits per heavy atom. The van der Waals surface area contributed by atoms with Crippen LogP contribution in [0, 0.1) is 24.7 Å². The normalized spacial score (nSPS) is 27.1. The Labute approximate surface area is 181 Å². The topological polar surface area (TPSA) is 70.4 Å². The molecular formula is C22H28ClN7. The number of nitrogens with one attached hydrogen (secondary N) is 2. The quantitative estimate of drug-likeness (QED) is 0.670. The summed E-state index contributed by atoms with van der Waals surface area (Å²) >= 11 is 6.23. The molecule has 5 heterocycles. The van der Waals surface area contributed by atoms with Gasteiger partial charge in [-0.15, -0.1) is 0 Å². The van der Waals surface area contributed by atoms with E-state index in [1.54, 1.807) is 0 Å². The number of hydrogen-bond acceptors (Lipinski definition) is 6. The summed E-state index contributed by atoms with van der Waals surface area (Å²) in [6.07, 6.45) is 4.99. The molecule has 4 atom stereocenters. The number of hydrogen-bond donors (Lipinski definition) is 2. The minimum absolute atomic E-state index is 0.485. The van der Waals surface area contributed by atoms with Gasteiger partial charge in [0.1, 0.15) is 5.65 Å². The number of rotatable bonds is 3. The molecule has 0 aromatic carbocycles. The third-order valence-corrected chi connectivity index (χ3v) is 6.69. The molecule has 2 saturated heterocycles. The van der Waals surface area contributed by atoms with Crippen LogP contribution in [0.4, 0.5) is 5.95 Å². The fraction of sp³-hybridized carbons (Fsp3) is 0.500. The number of imidazole rings is 1. The molecule has 2 aliphatic heterocycles. The van der Waals surface area contributed by atoms with Gasteiger partial charge in [0.15, 0.2) is 0 Å². The second kappa shape index (κ2) is 7.80. The molecule has 0 amide bonds. The Morgan fingerprint density at radius 3 is 2.83 bits per heavy atom. The maximum atomic E-state index is 6.23. The summed E-state index contributed by atoms with van der Waals surface area (Å²) in [5, 5.41) is 0.674. The van der Waals surface area contributed by atoms with Gasteiger partial charge in [0.05, 0.1) is 22.6 Å². The van der Waals surface area contributed by atoms with Gasteiger partial charge in [-0.05, 0) is 56.2 Å². The number of aromatic nitrogens is 4. The second-order valence-corrected chi connectivity index (χ2v) is 9.33. The summed E-state index contributed by atoms with van der Waals surface area (Å²) < 4.78 is 1.99. The monoisotopic (exact) mass is 425 g/mol. The highest BCUT2D eigenvalue weighted by molar-refractivity contribution is 6.30. The van der Waals surface area contributed by atoms with Crippen LogP contribution in [0.15, 0.2) is 30.6 Å².